The average Bonchev–Trinajstić information content (AvgIpc) is 3.18. The first-order valence-corrected chi connectivity index (χ1v) is 12.0. The highest BCUT2D eigenvalue weighted by molar-refractivity contribution is 5.80. The Morgan fingerprint density at radius 1 is 1.13 bits per heavy atom. The van der Waals surface area contributed by atoms with Crippen LogP contribution in [-0.2, 0) is 4.74 Å². The molecule has 7 nitrogen and oxygen atoms in total. The van der Waals surface area contributed by atoms with Crippen LogP contribution in [0.15, 0.2) is 4.99 Å². The number of carbonyl (C=O) groups excluding carboxylic acids is 1. The molecule has 0 bridgehead atoms. The molecule has 1 unspecified atom stereocenters. The molecule has 174 valence electrons. The number of ether oxygens (including phenoxy) is 1. The van der Waals surface area contributed by atoms with Crippen molar-refractivity contribution in [2.24, 2.45) is 10.9 Å². The first kappa shape index (κ1) is 24.8. The van der Waals surface area contributed by atoms with E-state index in [-0.39, 0.29) is 18.1 Å². The van der Waals surface area contributed by atoms with Gasteiger partial charge in [-0.2, -0.15) is 0 Å². The van der Waals surface area contributed by atoms with Crippen LogP contribution in [-0.4, -0.2) is 66.9 Å². The SMILES string of the molecule is CCNC(=NCC(NC(=O)OC(C)(C)C)C(C)C)NC1CCN(C2CCCC2)CC1. The fraction of sp³-hybridized carbons (Fsp3) is 0.913. The number of rotatable bonds is 7. The molecule has 0 aromatic carbocycles. The highest BCUT2D eigenvalue weighted by Crippen LogP contribution is 2.26. The van der Waals surface area contributed by atoms with Gasteiger partial charge in [-0.25, -0.2) is 4.79 Å². The number of aliphatic imine (C=N–C) groups is 1. The van der Waals surface area contributed by atoms with E-state index in [0.717, 1.165) is 31.4 Å². The van der Waals surface area contributed by atoms with Gasteiger partial charge >= 0.3 is 6.09 Å². The molecule has 0 spiro atoms. The molecule has 2 rings (SSSR count). The maximum Gasteiger partial charge on any atom is 0.407 e. The molecule has 1 aliphatic heterocycles. The lowest BCUT2D eigenvalue weighted by molar-refractivity contribution is 0.0493. The number of alkyl carbamates (subject to hydrolysis) is 1. The van der Waals surface area contributed by atoms with Gasteiger partial charge in [-0.15, -0.1) is 0 Å². The highest BCUT2D eigenvalue weighted by Gasteiger charge is 2.27. The maximum absolute atomic E-state index is 12.2. The number of piperidine rings is 1. The molecule has 2 fully saturated rings. The molecule has 0 aromatic rings. The molecule has 1 amide bonds. The van der Waals surface area contributed by atoms with Crippen molar-refractivity contribution in [1.82, 2.24) is 20.9 Å². The largest absolute Gasteiger partial charge is 0.444 e. The summed E-state index contributed by atoms with van der Waals surface area (Å²) in [7, 11) is 0. The topological polar surface area (TPSA) is 78.0 Å². The van der Waals surface area contributed by atoms with Crippen molar-refractivity contribution in [3.05, 3.63) is 0 Å². The van der Waals surface area contributed by atoms with E-state index in [0.29, 0.717) is 12.6 Å². The van der Waals surface area contributed by atoms with Gasteiger partial charge in [0, 0.05) is 31.7 Å². The molecular weight excluding hydrogens is 378 g/mol. The predicted molar refractivity (Wildman–Crippen MR) is 124 cm³/mol. The monoisotopic (exact) mass is 423 g/mol. The molecule has 3 N–H and O–H groups in total. The zero-order valence-electron chi connectivity index (χ0n) is 20.1. The van der Waals surface area contributed by atoms with Gasteiger partial charge in [0.15, 0.2) is 5.96 Å². The number of guanidine groups is 1. The van der Waals surface area contributed by atoms with E-state index in [9.17, 15) is 4.79 Å². The number of nitrogens with zero attached hydrogens (tertiary/aromatic N) is 2. The van der Waals surface area contributed by atoms with Gasteiger partial charge in [-0.05, 0) is 59.3 Å². The van der Waals surface area contributed by atoms with Crippen molar-refractivity contribution in [1.29, 1.82) is 0 Å². The van der Waals surface area contributed by atoms with Gasteiger partial charge in [0.05, 0.1) is 12.6 Å². The van der Waals surface area contributed by atoms with Gasteiger partial charge in [-0.3, -0.25) is 4.99 Å². The molecule has 1 atom stereocenters. The molecule has 0 radical (unpaired) electrons. The zero-order chi connectivity index (χ0) is 22.1. The fourth-order valence-corrected chi connectivity index (χ4v) is 4.26. The Hall–Kier alpha value is -1.50. The van der Waals surface area contributed by atoms with E-state index in [1.165, 1.54) is 38.8 Å². The highest BCUT2D eigenvalue weighted by atomic mass is 16.6. The smallest absolute Gasteiger partial charge is 0.407 e. The number of carbonyl (C=O) groups is 1. The van der Waals surface area contributed by atoms with Crippen LogP contribution in [0.25, 0.3) is 0 Å². The molecule has 1 aliphatic carbocycles. The minimum absolute atomic E-state index is 0.0699. The Morgan fingerprint density at radius 3 is 2.30 bits per heavy atom. The van der Waals surface area contributed by atoms with E-state index in [2.05, 4.69) is 41.6 Å². The second-order valence-electron chi connectivity index (χ2n) is 10.1. The lowest BCUT2D eigenvalue weighted by Crippen LogP contribution is -2.51. The Balaban J connectivity index is 1.86. The molecular formula is C23H45N5O2. The number of hydrogen-bond acceptors (Lipinski definition) is 4. The lowest BCUT2D eigenvalue weighted by Gasteiger charge is -2.36. The van der Waals surface area contributed by atoms with Gasteiger partial charge in [0.2, 0.25) is 0 Å². The molecule has 0 aromatic heterocycles. The van der Waals surface area contributed by atoms with Crippen molar-refractivity contribution in [3.8, 4) is 0 Å². The van der Waals surface area contributed by atoms with Gasteiger partial charge in [-0.1, -0.05) is 26.7 Å². The van der Waals surface area contributed by atoms with Crippen molar-refractivity contribution < 1.29 is 9.53 Å². The minimum Gasteiger partial charge on any atom is -0.444 e. The van der Waals surface area contributed by atoms with Crippen LogP contribution in [0.5, 0.6) is 0 Å². The summed E-state index contributed by atoms with van der Waals surface area (Å²) in [6, 6.07) is 1.20. The Morgan fingerprint density at radius 2 is 1.77 bits per heavy atom. The van der Waals surface area contributed by atoms with Crippen LogP contribution < -0.4 is 16.0 Å². The summed E-state index contributed by atoms with van der Waals surface area (Å²) in [5, 5.41) is 9.97. The van der Waals surface area contributed by atoms with E-state index >= 15 is 0 Å². The summed E-state index contributed by atoms with van der Waals surface area (Å²) < 4.78 is 5.41. The van der Waals surface area contributed by atoms with Crippen molar-refractivity contribution in [2.45, 2.75) is 104 Å². The number of amides is 1. The standard InChI is InChI=1S/C23H45N5O2/c1-7-24-21(25-16-20(17(2)3)27-22(29)30-23(4,5)6)26-18-12-14-28(15-13-18)19-10-8-9-11-19/h17-20H,7-16H2,1-6H3,(H,27,29)(H2,24,25,26). The minimum atomic E-state index is -0.501. The second kappa shape index (κ2) is 11.8. The van der Waals surface area contributed by atoms with E-state index < -0.39 is 5.60 Å². The second-order valence-corrected chi connectivity index (χ2v) is 10.1. The molecule has 30 heavy (non-hydrogen) atoms. The van der Waals surface area contributed by atoms with Gasteiger partial charge < -0.3 is 25.6 Å². The van der Waals surface area contributed by atoms with E-state index in [4.69, 9.17) is 9.73 Å². The number of nitrogens with one attached hydrogen (secondary N) is 3. The maximum atomic E-state index is 12.2. The van der Waals surface area contributed by atoms with Crippen LogP contribution in [0.2, 0.25) is 0 Å². The van der Waals surface area contributed by atoms with Crippen LogP contribution >= 0.6 is 0 Å². The molecule has 1 saturated heterocycles. The lowest BCUT2D eigenvalue weighted by atomic mass is 10.0. The Labute approximate surface area is 183 Å². The zero-order valence-corrected chi connectivity index (χ0v) is 20.1. The van der Waals surface area contributed by atoms with Crippen LogP contribution in [0.3, 0.4) is 0 Å². The first-order chi connectivity index (χ1) is 14.2. The third-order valence-electron chi connectivity index (χ3n) is 6.01. The van der Waals surface area contributed by atoms with E-state index in [1.54, 1.807) is 0 Å². The summed E-state index contributed by atoms with van der Waals surface area (Å²) in [6.07, 6.45) is 7.49. The van der Waals surface area contributed by atoms with Crippen LogP contribution in [0.4, 0.5) is 4.79 Å². The average molecular weight is 424 g/mol. The molecule has 2 aliphatic rings. The molecule has 1 heterocycles. The fourth-order valence-electron chi connectivity index (χ4n) is 4.26. The van der Waals surface area contributed by atoms with Crippen molar-refractivity contribution >= 4 is 12.1 Å². The van der Waals surface area contributed by atoms with Crippen LogP contribution in [0, 0.1) is 5.92 Å². The molecule has 1 saturated carbocycles. The summed E-state index contributed by atoms with van der Waals surface area (Å²) in [6.45, 7) is 15.6. The van der Waals surface area contributed by atoms with Crippen molar-refractivity contribution in [3.63, 3.8) is 0 Å². The normalized spacial score (nSPS) is 21.0. The summed E-state index contributed by atoms with van der Waals surface area (Å²) >= 11 is 0. The summed E-state index contributed by atoms with van der Waals surface area (Å²) in [5.41, 5.74) is -0.501. The van der Waals surface area contributed by atoms with Crippen LogP contribution in [0.1, 0.15) is 80.1 Å². The Bertz CT molecular complexity index is 544. The van der Waals surface area contributed by atoms with Gasteiger partial charge in [0.25, 0.3) is 0 Å². The third kappa shape index (κ3) is 8.70. The third-order valence-corrected chi connectivity index (χ3v) is 6.01. The predicted octanol–water partition coefficient (Wildman–Crippen LogP) is 3.50. The molecule has 7 heteroatoms. The number of likely N-dealkylation sites (tertiary alicyclic amines) is 1. The summed E-state index contributed by atoms with van der Waals surface area (Å²) in [5.74, 6) is 1.10. The van der Waals surface area contributed by atoms with Gasteiger partial charge in [0.1, 0.15) is 5.60 Å². The first-order valence-electron chi connectivity index (χ1n) is 12.0. The van der Waals surface area contributed by atoms with Crippen molar-refractivity contribution in [2.75, 3.05) is 26.2 Å². The quantitative estimate of drug-likeness (QED) is 0.431. The Kier molecular flexibility index (Phi) is 9.72. The van der Waals surface area contributed by atoms with E-state index in [1.807, 2.05) is 20.8 Å². The number of hydrogen-bond donors (Lipinski definition) is 3. The summed E-state index contributed by atoms with van der Waals surface area (Å²) in [4.78, 5) is 19.7.